The Morgan fingerprint density at radius 3 is 1.93 bits per heavy atom. The molecule has 6 heteroatoms. The van der Waals surface area contributed by atoms with Gasteiger partial charge < -0.3 is 14.4 Å². The van der Waals surface area contributed by atoms with Crippen molar-refractivity contribution in [1.82, 2.24) is 9.80 Å². The van der Waals surface area contributed by atoms with Gasteiger partial charge in [0.25, 0.3) is 0 Å². The van der Waals surface area contributed by atoms with Crippen LogP contribution in [-0.2, 0) is 9.47 Å². The summed E-state index contributed by atoms with van der Waals surface area (Å²) in [5, 5.41) is 0. The van der Waals surface area contributed by atoms with Crippen LogP contribution in [0.3, 0.4) is 0 Å². The molecule has 0 unspecified atom stereocenters. The van der Waals surface area contributed by atoms with Crippen molar-refractivity contribution < 1.29 is 14.3 Å². The molecule has 0 bridgehead atoms. The van der Waals surface area contributed by atoms with E-state index in [0.717, 1.165) is 37.5 Å². The molecule has 0 N–H and O–H groups in total. The standard InChI is InChI=1S/C20H38N2O3S.C2H6/c1-7-21-16-17(26)22(18(21)23)11-8-20(5,6)10-13-25-15-14-24-12-9-19(2,3)4;1-2/h7-16H2,1-6H3;1-2H3. The van der Waals surface area contributed by atoms with E-state index in [1.807, 2.05) is 20.8 Å². The number of thiocarbonyl (C=S) groups is 1. The number of carbonyl (C=O) groups excluding carboxylic acids is 1. The molecule has 0 aliphatic carbocycles. The van der Waals surface area contributed by atoms with Gasteiger partial charge in [-0.25, -0.2) is 4.79 Å². The van der Waals surface area contributed by atoms with E-state index >= 15 is 0 Å². The Kier molecular flexibility index (Phi) is 13.1. The average Bonchev–Trinajstić information content (AvgIpc) is 2.89. The summed E-state index contributed by atoms with van der Waals surface area (Å²) in [6, 6.07) is 0.0527. The minimum atomic E-state index is 0.0527. The number of rotatable bonds is 12. The van der Waals surface area contributed by atoms with Crippen molar-refractivity contribution in [3.8, 4) is 0 Å². The molecule has 5 nitrogen and oxygen atoms in total. The third-order valence-electron chi connectivity index (χ3n) is 4.81. The van der Waals surface area contributed by atoms with Crippen molar-refractivity contribution in [3.05, 3.63) is 0 Å². The molecule has 0 saturated carbocycles. The normalized spacial score (nSPS) is 15.1. The van der Waals surface area contributed by atoms with Crippen molar-refractivity contribution in [2.24, 2.45) is 10.8 Å². The van der Waals surface area contributed by atoms with E-state index in [9.17, 15) is 4.79 Å². The maximum atomic E-state index is 12.2. The second kappa shape index (κ2) is 13.5. The number of urea groups is 1. The lowest BCUT2D eigenvalue weighted by molar-refractivity contribution is 0.0290. The lowest BCUT2D eigenvalue weighted by Crippen LogP contribution is -2.35. The van der Waals surface area contributed by atoms with Crippen molar-refractivity contribution >= 4 is 23.2 Å². The van der Waals surface area contributed by atoms with Crippen LogP contribution in [0.15, 0.2) is 0 Å². The molecule has 0 radical (unpaired) electrons. The molecule has 0 aromatic heterocycles. The van der Waals surface area contributed by atoms with Crippen molar-refractivity contribution in [3.63, 3.8) is 0 Å². The summed E-state index contributed by atoms with van der Waals surface area (Å²) < 4.78 is 11.3. The highest BCUT2D eigenvalue weighted by Crippen LogP contribution is 2.26. The van der Waals surface area contributed by atoms with Gasteiger partial charge in [0.05, 0.1) is 19.8 Å². The van der Waals surface area contributed by atoms with Gasteiger partial charge in [-0.1, -0.05) is 60.7 Å². The van der Waals surface area contributed by atoms with Crippen LogP contribution < -0.4 is 0 Å². The van der Waals surface area contributed by atoms with E-state index in [1.165, 1.54) is 0 Å². The topological polar surface area (TPSA) is 42.0 Å². The van der Waals surface area contributed by atoms with Crippen LogP contribution in [0.5, 0.6) is 0 Å². The zero-order valence-electron chi connectivity index (χ0n) is 19.6. The van der Waals surface area contributed by atoms with E-state index in [0.29, 0.717) is 38.3 Å². The Morgan fingerprint density at radius 1 is 0.929 bits per heavy atom. The summed E-state index contributed by atoms with van der Waals surface area (Å²) in [6.07, 6.45) is 2.94. The van der Waals surface area contributed by atoms with Gasteiger partial charge in [0.1, 0.15) is 4.99 Å². The maximum absolute atomic E-state index is 12.2. The quantitative estimate of drug-likeness (QED) is 0.317. The highest BCUT2D eigenvalue weighted by atomic mass is 32.1. The molecule has 1 heterocycles. The van der Waals surface area contributed by atoms with Crippen LogP contribution in [0.1, 0.15) is 74.7 Å². The van der Waals surface area contributed by atoms with Gasteiger partial charge in [-0.15, -0.1) is 0 Å². The fraction of sp³-hybridized carbons (Fsp3) is 0.909. The highest BCUT2D eigenvalue weighted by molar-refractivity contribution is 7.80. The summed E-state index contributed by atoms with van der Waals surface area (Å²) in [6.45, 7) is 21.9. The number of hydrogen-bond donors (Lipinski definition) is 0. The second-order valence-electron chi connectivity index (χ2n) is 9.04. The third kappa shape index (κ3) is 11.3. The number of carbonyl (C=O) groups is 1. The van der Waals surface area contributed by atoms with E-state index in [-0.39, 0.29) is 11.4 Å². The molecule has 28 heavy (non-hydrogen) atoms. The lowest BCUT2D eigenvalue weighted by atomic mass is 9.86. The number of amides is 2. The highest BCUT2D eigenvalue weighted by Gasteiger charge is 2.32. The number of hydrogen-bond acceptors (Lipinski definition) is 4. The zero-order chi connectivity index (χ0) is 21.8. The average molecular weight is 417 g/mol. The first-order valence-corrected chi connectivity index (χ1v) is 11.2. The molecule has 0 spiro atoms. The predicted octanol–water partition coefficient (Wildman–Crippen LogP) is 5.37. The Labute approximate surface area is 179 Å². The first-order valence-electron chi connectivity index (χ1n) is 10.8. The molecule has 0 aromatic rings. The fourth-order valence-electron chi connectivity index (χ4n) is 2.65. The van der Waals surface area contributed by atoms with Crippen LogP contribution in [0.25, 0.3) is 0 Å². The largest absolute Gasteiger partial charge is 0.379 e. The lowest BCUT2D eigenvalue weighted by Gasteiger charge is -2.27. The minimum absolute atomic E-state index is 0.0527. The first kappa shape index (κ1) is 27.3. The van der Waals surface area contributed by atoms with Gasteiger partial charge in [0.15, 0.2) is 0 Å². The molecule has 2 amide bonds. The second-order valence-corrected chi connectivity index (χ2v) is 9.51. The van der Waals surface area contributed by atoms with E-state index in [4.69, 9.17) is 21.7 Å². The molecular weight excluding hydrogens is 372 g/mol. The van der Waals surface area contributed by atoms with Crippen LogP contribution in [0.4, 0.5) is 4.79 Å². The van der Waals surface area contributed by atoms with Crippen LogP contribution in [0, 0.1) is 10.8 Å². The molecule has 1 rings (SSSR count). The van der Waals surface area contributed by atoms with Gasteiger partial charge in [0, 0.05) is 26.3 Å². The van der Waals surface area contributed by atoms with Crippen LogP contribution in [0.2, 0.25) is 0 Å². The van der Waals surface area contributed by atoms with Crippen molar-refractivity contribution in [1.29, 1.82) is 0 Å². The molecule has 0 aromatic carbocycles. The van der Waals surface area contributed by atoms with Crippen molar-refractivity contribution in [2.75, 3.05) is 46.1 Å². The Balaban J connectivity index is 0.00000352. The molecule has 1 fully saturated rings. The van der Waals surface area contributed by atoms with Gasteiger partial charge in [0.2, 0.25) is 0 Å². The Morgan fingerprint density at radius 2 is 1.46 bits per heavy atom. The maximum Gasteiger partial charge on any atom is 0.325 e. The summed E-state index contributed by atoms with van der Waals surface area (Å²) in [7, 11) is 0. The monoisotopic (exact) mass is 416 g/mol. The fourth-order valence-corrected chi connectivity index (χ4v) is 2.97. The number of nitrogens with zero attached hydrogens (tertiary/aromatic N) is 2. The first-order chi connectivity index (χ1) is 13.1. The third-order valence-corrected chi connectivity index (χ3v) is 5.16. The summed E-state index contributed by atoms with van der Waals surface area (Å²) in [5.41, 5.74) is 0.431. The van der Waals surface area contributed by atoms with E-state index < -0.39 is 0 Å². The van der Waals surface area contributed by atoms with Gasteiger partial charge in [-0.2, -0.15) is 0 Å². The Hall–Kier alpha value is -0.720. The van der Waals surface area contributed by atoms with Gasteiger partial charge in [-0.3, -0.25) is 4.90 Å². The van der Waals surface area contributed by atoms with Gasteiger partial charge in [-0.05, 0) is 37.0 Å². The molecule has 1 aliphatic rings. The summed E-state index contributed by atoms with van der Waals surface area (Å²) >= 11 is 5.35. The van der Waals surface area contributed by atoms with Crippen LogP contribution in [-0.4, -0.2) is 66.9 Å². The van der Waals surface area contributed by atoms with E-state index in [1.54, 1.807) is 9.80 Å². The number of likely N-dealkylation sites (N-methyl/N-ethyl adjacent to an activating group) is 1. The smallest absolute Gasteiger partial charge is 0.325 e. The van der Waals surface area contributed by atoms with Gasteiger partial charge >= 0.3 is 6.03 Å². The molecule has 1 saturated heterocycles. The van der Waals surface area contributed by atoms with Crippen LogP contribution >= 0.6 is 12.2 Å². The SMILES string of the molecule is CC.CCN1CC(=S)N(CCC(C)(C)CCOCCOCCC(C)(C)C)C1=O. The van der Waals surface area contributed by atoms with E-state index in [2.05, 4.69) is 34.6 Å². The molecule has 0 atom stereocenters. The zero-order valence-corrected chi connectivity index (χ0v) is 20.4. The molecular formula is C22H44N2O3S. The molecule has 166 valence electrons. The van der Waals surface area contributed by atoms with Crippen molar-refractivity contribution in [2.45, 2.75) is 74.7 Å². The Bertz CT molecular complexity index is 461. The molecule has 1 aliphatic heterocycles. The predicted molar refractivity (Wildman–Crippen MR) is 122 cm³/mol. The minimum Gasteiger partial charge on any atom is -0.379 e. The number of ether oxygens (including phenoxy) is 2. The summed E-state index contributed by atoms with van der Waals surface area (Å²) in [5.74, 6) is 0. The summed E-state index contributed by atoms with van der Waals surface area (Å²) in [4.78, 5) is 16.5.